The molecular formula is C9H14O7. The summed E-state index contributed by atoms with van der Waals surface area (Å²) in [5, 5.41) is 27.8. The molecule has 1 heterocycles. The van der Waals surface area contributed by atoms with Crippen LogP contribution in [0.4, 0.5) is 0 Å². The van der Waals surface area contributed by atoms with Gasteiger partial charge in [-0.05, 0) is 0 Å². The lowest BCUT2D eigenvalue weighted by Crippen LogP contribution is -2.55. The maximum Gasteiger partial charge on any atom is 0.373 e. The Balaban J connectivity index is 2.46. The van der Waals surface area contributed by atoms with Crippen LogP contribution in [0.3, 0.4) is 0 Å². The molecule has 0 radical (unpaired) electrons. The SMILES string of the molecule is C=CCOOC(=O)C1OCC(O)C(O)C1O. The van der Waals surface area contributed by atoms with Gasteiger partial charge in [-0.25, -0.2) is 4.79 Å². The molecule has 4 unspecified atom stereocenters. The van der Waals surface area contributed by atoms with Gasteiger partial charge in [0.15, 0.2) is 6.10 Å². The Kier molecular flexibility index (Phi) is 4.84. The Bertz CT molecular complexity index is 254. The average molecular weight is 234 g/mol. The second-order valence-corrected chi connectivity index (χ2v) is 3.28. The lowest BCUT2D eigenvalue weighted by molar-refractivity contribution is -0.285. The van der Waals surface area contributed by atoms with E-state index in [1.165, 1.54) is 6.08 Å². The van der Waals surface area contributed by atoms with Gasteiger partial charge in [0, 0.05) is 0 Å². The van der Waals surface area contributed by atoms with E-state index in [2.05, 4.69) is 16.4 Å². The van der Waals surface area contributed by atoms with E-state index < -0.39 is 30.4 Å². The number of carbonyl (C=O) groups is 1. The largest absolute Gasteiger partial charge is 0.388 e. The monoisotopic (exact) mass is 234 g/mol. The zero-order valence-corrected chi connectivity index (χ0v) is 8.48. The molecular weight excluding hydrogens is 220 g/mol. The molecule has 1 rings (SSSR count). The van der Waals surface area contributed by atoms with Crippen molar-refractivity contribution in [1.29, 1.82) is 0 Å². The summed E-state index contributed by atoms with van der Waals surface area (Å²) in [5.41, 5.74) is 0. The smallest absolute Gasteiger partial charge is 0.373 e. The summed E-state index contributed by atoms with van der Waals surface area (Å²) in [7, 11) is 0. The number of aliphatic hydroxyl groups is 3. The highest BCUT2D eigenvalue weighted by Crippen LogP contribution is 2.16. The third kappa shape index (κ3) is 3.00. The van der Waals surface area contributed by atoms with E-state index in [0.29, 0.717) is 0 Å². The highest BCUT2D eigenvalue weighted by atomic mass is 17.2. The number of hydrogen-bond acceptors (Lipinski definition) is 7. The minimum atomic E-state index is -1.55. The predicted molar refractivity (Wildman–Crippen MR) is 50.0 cm³/mol. The molecule has 4 atom stereocenters. The van der Waals surface area contributed by atoms with E-state index in [9.17, 15) is 15.0 Å². The highest BCUT2D eigenvalue weighted by molar-refractivity contribution is 5.75. The van der Waals surface area contributed by atoms with Crippen molar-refractivity contribution in [1.82, 2.24) is 0 Å². The first-order chi connectivity index (χ1) is 7.57. The van der Waals surface area contributed by atoms with Crippen LogP contribution in [-0.2, 0) is 19.3 Å². The summed E-state index contributed by atoms with van der Waals surface area (Å²) in [6, 6.07) is 0. The molecule has 7 heteroatoms. The molecule has 0 aromatic heterocycles. The van der Waals surface area contributed by atoms with Crippen LogP contribution in [0, 0.1) is 0 Å². The molecule has 1 saturated heterocycles. The van der Waals surface area contributed by atoms with Crippen LogP contribution >= 0.6 is 0 Å². The molecule has 1 fully saturated rings. The van der Waals surface area contributed by atoms with E-state index in [0.717, 1.165) is 0 Å². The van der Waals surface area contributed by atoms with Crippen molar-refractivity contribution in [2.24, 2.45) is 0 Å². The summed E-state index contributed by atoms with van der Waals surface area (Å²) in [6.45, 7) is 3.07. The van der Waals surface area contributed by atoms with Crippen LogP contribution in [-0.4, -0.2) is 58.9 Å². The fourth-order valence-electron chi connectivity index (χ4n) is 1.20. The Morgan fingerprint density at radius 1 is 1.44 bits per heavy atom. The molecule has 1 aliphatic rings. The number of ether oxygens (including phenoxy) is 1. The van der Waals surface area contributed by atoms with E-state index in [4.69, 9.17) is 9.84 Å². The molecule has 0 amide bonds. The van der Waals surface area contributed by atoms with Gasteiger partial charge in [-0.3, -0.25) is 4.89 Å². The molecule has 0 aromatic carbocycles. The van der Waals surface area contributed by atoms with Crippen molar-refractivity contribution in [2.75, 3.05) is 13.2 Å². The zero-order chi connectivity index (χ0) is 12.1. The normalized spacial score (nSPS) is 34.4. The van der Waals surface area contributed by atoms with Crippen LogP contribution in [0.5, 0.6) is 0 Å². The highest BCUT2D eigenvalue weighted by Gasteiger charge is 2.42. The number of rotatable bonds is 4. The van der Waals surface area contributed by atoms with Crippen LogP contribution in [0.1, 0.15) is 0 Å². The van der Waals surface area contributed by atoms with E-state index in [-0.39, 0.29) is 13.2 Å². The first-order valence-corrected chi connectivity index (χ1v) is 4.68. The van der Waals surface area contributed by atoms with Gasteiger partial charge in [0.05, 0.1) is 6.61 Å². The lowest BCUT2D eigenvalue weighted by atomic mass is 10.0. The molecule has 1 aliphatic heterocycles. The van der Waals surface area contributed by atoms with Crippen LogP contribution in [0.2, 0.25) is 0 Å². The third-order valence-corrected chi connectivity index (χ3v) is 2.06. The fraction of sp³-hybridized carbons (Fsp3) is 0.667. The summed E-state index contributed by atoms with van der Waals surface area (Å²) >= 11 is 0. The van der Waals surface area contributed by atoms with Crippen LogP contribution < -0.4 is 0 Å². The molecule has 0 aliphatic carbocycles. The molecule has 0 aromatic rings. The molecule has 0 bridgehead atoms. The lowest BCUT2D eigenvalue weighted by Gasteiger charge is -2.33. The second kappa shape index (κ2) is 5.92. The molecule has 0 spiro atoms. The molecule has 0 saturated carbocycles. The molecule has 92 valence electrons. The van der Waals surface area contributed by atoms with Gasteiger partial charge in [-0.1, -0.05) is 6.08 Å². The van der Waals surface area contributed by atoms with Crippen molar-refractivity contribution < 1.29 is 34.6 Å². The van der Waals surface area contributed by atoms with E-state index in [1.807, 2.05) is 0 Å². The Labute approximate surface area is 91.8 Å². The van der Waals surface area contributed by atoms with Gasteiger partial charge in [-0.15, -0.1) is 6.58 Å². The van der Waals surface area contributed by atoms with E-state index >= 15 is 0 Å². The van der Waals surface area contributed by atoms with Crippen LogP contribution in [0.15, 0.2) is 12.7 Å². The Hall–Kier alpha value is -0.990. The topological polar surface area (TPSA) is 105 Å². The number of carbonyl (C=O) groups excluding carboxylic acids is 1. The minimum Gasteiger partial charge on any atom is -0.388 e. The van der Waals surface area contributed by atoms with Gasteiger partial charge in [0.25, 0.3) is 0 Å². The zero-order valence-electron chi connectivity index (χ0n) is 8.48. The summed E-state index contributed by atoms with van der Waals surface area (Å²) in [5.74, 6) is -0.972. The Morgan fingerprint density at radius 3 is 2.75 bits per heavy atom. The van der Waals surface area contributed by atoms with Gasteiger partial charge in [0.1, 0.15) is 24.9 Å². The fourth-order valence-corrected chi connectivity index (χ4v) is 1.20. The number of aliphatic hydroxyl groups excluding tert-OH is 3. The standard InChI is InChI=1S/C9H14O7/c1-2-3-15-16-9(13)8-7(12)6(11)5(10)4-14-8/h2,5-8,10-12H,1,3-4H2. The first kappa shape index (κ1) is 13.1. The maximum atomic E-state index is 11.3. The van der Waals surface area contributed by atoms with Gasteiger partial charge in [0.2, 0.25) is 0 Å². The maximum absolute atomic E-state index is 11.3. The van der Waals surface area contributed by atoms with Gasteiger partial charge >= 0.3 is 5.97 Å². The molecule has 3 N–H and O–H groups in total. The van der Waals surface area contributed by atoms with Crippen molar-refractivity contribution in [3.63, 3.8) is 0 Å². The quantitative estimate of drug-likeness (QED) is 0.226. The average Bonchev–Trinajstić information content (AvgIpc) is 2.26. The third-order valence-electron chi connectivity index (χ3n) is 2.06. The molecule has 16 heavy (non-hydrogen) atoms. The predicted octanol–water partition coefficient (Wildman–Crippen LogP) is -1.87. The Morgan fingerprint density at radius 2 is 2.12 bits per heavy atom. The van der Waals surface area contributed by atoms with Gasteiger partial charge < -0.3 is 20.1 Å². The van der Waals surface area contributed by atoms with Crippen LogP contribution in [0.25, 0.3) is 0 Å². The van der Waals surface area contributed by atoms with Crippen molar-refractivity contribution in [3.8, 4) is 0 Å². The van der Waals surface area contributed by atoms with E-state index in [1.54, 1.807) is 0 Å². The summed E-state index contributed by atoms with van der Waals surface area (Å²) < 4.78 is 4.82. The van der Waals surface area contributed by atoms with Crippen molar-refractivity contribution in [2.45, 2.75) is 24.4 Å². The first-order valence-electron chi connectivity index (χ1n) is 4.68. The van der Waals surface area contributed by atoms with Crippen molar-refractivity contribution >= 4 is 5.97 Å². The molecule has 7 nitrogen and oxygen atoms in total. The van der Waals surface area contributed by atoms with Gasteiger partial charge in [-0.2, -0.15) is 4.89 Å². The van der Waals surface area contributed by atoms with Crippen molar-refractivity contribution in [3.05, 3.63) is 12.7 Å². The summed E-state index contributed by atoms with van der Waals surface area (Å²) in [4.78, 5) is 20.0. The minimum absolute atomic E-state index is 0.000264. The summed E-state index contributed by atoms with van der Waals surface area (Å²) in [6.07, 6.45) is -4.24. The second-order valence-electron chi connectivity index (χ2n) is 3.28. The number of hydrogen-bond donors (Lipinski definition) is 3.